The van der Waals surface area contributed by atoms with E-state index in [1.807, 2.05) is 66.7 Å². The van der Waals surface area contributed by atoms with Crippen LogP contribution in [0.1, 0.15) is 41.1 Å². The number of carbonyl (C=O) groups excluding carboxylic acids is 2. The number of carbonyl (C=O) groups is 2. The Kier molecular flexibility index (Phi) is 11.4. The van der Waals surface area contributed by atoms with Crippen LogP contribution in [0.25, 0.3) is 0 Å². The van der Waals surface area contributed by atoms with E-state index >= 15 is 0 Å². The summed E-state index contributed by atoms with van der Waals surface area (Å²) in [6, 6.07) is 23.1. The lowest BCUT2D eigenvalue weighted by Gasteiger charge is -2.29. The zero-order valence-electron chi connectivity index (χ0n) is 25.2. The van der Waals surface area contributed by atoms with E-state index in [4.69, 9.17) is 19.3 Å². The smallest absolute Gasteiger partial charge is 0.407 e. The van der Waals surface area contributed by atoms with Crippen LogP contribution < -0.4 is 15.4 Å². The maximum atomic E-state index is 13.9. The van der Waals surface area contributed by atoms with E-state index < -0.39 is 36.3 Å². The Morgan fingerprint density at radius 2 is 1.69 bits per heavy atom. The quantitative estimate of drug-likeness (QED) is 0.185. The summed E-state index contributed by atoms with van der Waals surface area (Å²) in [5.41, 5.74) is 3.63. The number of ether oxygens (including phenoxy) is 3. The number of amides is 2. The van der Waals surface area contributed by atoms with E-state index in [9.17, 15) is 19.8 Å². The topological polar surface area (TPSA) is 147 Å². The third kappa shape index (κ3) is 9.04. The van der Waals surface area contributed by atoms with Crippen molar-refractivity contribution in [3.05, 3.63) is 101 Å². The first-order valence-corrected chi connectivity index (χ1v) is 15.6. The molecule has 0 radical (unpaired) electrons. The number of rotatable bonds is 14. The van der Waals surface area contributed by atoms with E-state index in [0.29, 0.717) is 44.6 Å². The SMILES string of the molecule is O=C(N[C@@H](Cc1ccccc1)[C@@H](O)C[C@@H](Cc1ccc(OCCO)cc1)C(=O)N[C@H]1c2ccccc2C[C@H]1O)O[C@H]1CCOC1. The fourth-order valence-corrected chi connectivity index (χ4v) is 6.02. The van der Waals surface area contributed by atoms with Crippen molar-refractivity contribution >= 4 is 12.0 Å². The molecule has 2 aliphatic rings. The first-order valence-electron chi connectivity index (χ1n) is 15.6. The number of hydrogen-bond acceptors (Lipinski definition) is 8. The van der Waals surface area contributed by atoms with Gasteiger partial charge in [0.2, 0.25) is 5.91 Å². The average molecular weight is 619 g/mol. The van der Waals surface area contributed by atoms with Crippen molar-refractivity contribution in [2.24, 2.45) is 5.92 Å². The molecular formula is C35H42N2O8. The van der Waals surface area contributed by atoms with E-state index in [1.165, 1.54) is 0 Å². The molecule has 0 saturated carbocycles. The monoisotopic (exact) mass is 618 g/mol. The number of alkyl carbamates (subject to hydrolysis) is 1. The third-order valence-corrected chi connectivity index (χ3v) is 8.39. The van der Waals surface area contributed by atoms with Crippen molar-refractivity contribution in [1.82, 2.24) is 10.6 Å². The predicted octanol–water partition coefficient (Wildman–Crippen LogP) is 2.87. The van der Waals surface area contributed by atoms with Gasteiger partial charge in [-0.3, -0.25) is 4.79 Å². The van der Waals surface area contributed by atoms with Crippen molar-refractivity contribution in [2.75, 3.05) is 26.4 Å². The number of fused-ring (bicyclic) bond motifs is 1. The zero-order chi connectivity index (χ0) is 31.6. The van der Waals surface area contributed by atoms with Crippen LogP contribution in [0, 0.1) is 5.92 Å². The predicted molar refractivity (Wildman–Crippen MR) is 167 cm³/mol. The van der Waals surface area contributed by atoms with Crippen molar-refractivity contribution < 1.29 is 39.1 Å². The van der Waals surface area contributed by atoms with Gasteiger partial charge >= 0.3 is 6.09 Å². The zero-order valence-corrected chi connectivity index (χ0v) is 25.2. The molecule has 6 atom stereocenters. The number of aliphatic hydroxyl groups is 3. The van der Waals surface area contributed by atoms with Crippen LogP contribution in [0.15, 0.2) is 78.9 Å². The van der Waals surface area contributed by atoms with Crippen molar-refractivity contribution in [3.8, 4) is 5.75 Å². The van der Waals surface area contributed by atoms with Crippen LogP contribution in [0.2, 0.25) is 0 Å². The van der Waals surface area contributed by atoms with Crippen molar-refractivity contribution in [3.63, 3.8) is 0 Å². The second-order valence-electron chi connectivity index (χ2n) is 11.7. The lowest BCUT2D eigenvalue weighted by Crippen LogP contribution is -2.48. The molecule has 1 saturated heterocycles. The Bertz CT molecular complexity index is 1380. The van der Waals surface area contributed by atoms with E-state index in [-0.39, 0.29) is 31.6 Å². The Labute approximate surface area is 263 Å². The molecule has 5 N–H and O–H groups in total. The molecule has 0 spiro atoms. The maximum Gasteiger partial charge on any atom is 0.407 e. The molecule has 3 aromatic carbocycles. The molecule has 5 rings (SSSR count). The molecule has 10 nitrogen and oxygen atoms in total. The minimum atomic E-state index is -1.10. The summed E-state index contributed by atoms with van der Waals surface area (Å²) >= 11 is 0. The molecule has 0 bridgehead atoms. The first-order chi connectivity index (χ1) is 21.9. The molecular weight excluding hydrogens is 576 g/mol. The van der Waals surface area contributed by atoms with Gasteiger partial charge in [0.15, 0.2) is 0 Å². The fourth-order valence-electron chi connectivity index (χ4n) is 6.02. The van der Waals surface area contributed by atoms with Gasteiger partial charge in [0, 0.05) is 18.8 Å². The van der Waals surface area contributed by atoms with Gasteiger partial charge in [0.25, 0.3) is 0 Å². The Morgan fingerprint density at radius 1 is 0.956 bits per heavy atom. The normalized spacial score (nSPS) is 20.9. The highest BCUT2D eigenvalue weighted by Crippen LogP contribution is 2.32. The summed E-state index contributed by atoms with van der Waals surface area (Å²) < 4.78 is 16.3. The van der Waals surface area contributed by atoms with Crippen LogP contribution in [0.5, 0.6) is 5.75 Å². The summed E-state index contributed by atoms with van der Waals surface area (Å²) in [7, 11) is 0. The Hall–Kier alpha value is -3.96. The summed E-state index contributed by atoms with van der Waals surface area (Å²) in [6.07, 6.45) is -1.11. The summed E-state index contributed by atoms with van der Waals surface area (Å²) in [6.45, 7) is 0.938. The molecule has 1 fully saturated rings. The highest BCUT2D eigenvalue weighted by molar-refractivity contribution is 5.80. The second-order valence-corrected chi connectivity index (χ2v) is 11.7. The van der Waals surface area contributed by atoms with Crippen LogP contribution in [0.4, 0.5) is 4.79 Å². The van der Waals surface area contributed by atoms with E-state index in [2.05, 4.69) is 10.6 Å². The summed E-state index contributed by atoms with van der Waals surface area (Å²) in [5, 5.41) is 37.4. The van der Waals surface area contributed by atoms with E-state index in [1.54, 1.807) is 12.1 Å². The van der Waals surface area contributed by atoms with Gasteiger partial charge in [-0.05, 0) is 53.6 Å². The van der Waals surface area contributed by atoms with Gasteiger partial charge in [-0.25, -0.2) is 4.79 Å². The Morgan fingerprint density at radius 3 is 2.42 bits per heavy atom. The van der Waals surface area contributed by atoms with Gasteiger partial charge in [-0.1, -0.05) is 66.7 Å². The molecule has 10 heteroatoms. The highest BCUT2D eigenvalue weighted by Gasteiger charge is 2.35. The van der Waals surface area contributed by atoms with Crippen LogP contribution in [-0.2, 0) is 33.5 Å². The van der Waals surface area contributed by atoms with E-state index in [0.717, 1.165) is 22.3 Å². The number of nitrogens with one attached hydrogen (secondary N) is 2. The average Bonchev–Trinajstić information content (AvgIpc) is 3.67. The molecule has 45 heavy (non-hydrogen) atoms. The number of hydrogen-bond donors (Lipinski definition) is 5. The standard InChI is InChI=1S/C35H42N2O8/c38-15-17-44-27-12-10-24(11-13-27)18-26(34(41)37-33-29-9-5-4-8-25(29)20-32(33)40)21-31(39)30(19-23-6-2-1-3-7-23)36-35(42)45-28-14-16-43-22-28/h1-13,26,28,30-33,38-40H,14-22H2,(H,36,42)(H,37,41)/t26-,28+,30+,31+,32-,33+/m1/s1. The molecule has 2 amide bonds. The van der Waals surface area contributed by atoms with Crippen LogP contribution in [0.3, 0.4) is 0 Å². The van der Waals surface area contributed by atoms with Gasteiger partial charge < -0.3 is 40.2 Å². The first kappa shape index (κ1) is 32.4. The minimum absolute atomic E-state index is 0.0450. The molecule has 3 aromatic rings. The number of aliphatic hydroxyl groups excluding tert-OH is 3. The van der Waals surface area contributed by atoms with Crippen LogP contribution >= 0.6 is 0 Å². The number of benzene rings is 3. The highest BCUT2D eigenvalue weighted by atomic mass is 16.6. The lowest BCUT2D eigenvalue weighted by atomic mass is 9.88. The van der Waals surface area contributed by atoms with Crippen LogP contribution in [-0.4, -0.2) is 78.1 Å². The fraction of sp³-hybridized carbons (Fsp3) is 0.429. The minimum Gasteiger partial charge on any atom is -0.491 e. The summed E-state index contributed by atoms with van der Waals surface area (Å²) in [4.78, 5) is 26.8. The van der Waals surface area contributed by atoms with Crippen molar-refractivity contribution in [1.29, 1.82) is 0 Å². The Balaban J connectivity index is 1.34. The molecule has 0 unspecified atom stereocenters. The molecule has 1 aliphatic heterocycles. The van der Waals surface area contributed by atoms with Gasteiger partial charge in [0.05, 0.1) is 44.1 Å². The van der Waals surface area contributed by atoms with Gasteiger partial charge in [-0.2, -0.15) is 0 Å². The largest absolute Gasteiger partial charge is 0.491 e. The maximum absolute atomic E-state index is 13.9. The molecule has 240 valence electrons. The molecule has 1 aliphatic carbocycles. The third-order valence-electron chi connectivity index (χ3n) is 8.39. The van der Waals surface area contributed by atoms with Crippen molar-refractivity contribution in [2.45, 2.75) is 62.5 Å². The van der Waals surface area contributed by atoms with Gasteiger partial charge in [-0.15, -0.1) is 0 Å². The molecule has 0 aromatic heterocycles. The second kappa shape index (κ2) is 15.9. The molecule has 1 heterocycles. The van der Waals surface area contributed by atoms with Gasteiger partial charge in [0.1, 0.15) is 18.5 Å². The lowest BCUT2D eigenvalue weighted by molar-refractivity contribution is -0.127. The summed E-state index contributed by atoms with van der Waals surface area (Å²) in [5.74, 6) is -0.402.